The summed E-state index contributed by atoms with van der Waals surface area (Å²) in [5.74, 6) is 0. The fraction of sp³-hybridized carbons (Fsp3) is 0.429. The molecule has 2 atom stereocenters. The van der Waals surface area contributed by atoms with E-state index in [1.54, 1.807) is 0 Å². The van der Waals surface area contributed by atoms with Crippen molar-refractivity contribution in [3.05, 3.63) is 39.8 Å². The number of H-pyrrole nitrogens is 1. The number of aromatic amines is 1. The largest absolute Gasteiger partial charge is 0.387 e. The number of urea groups is 1. The second-order valence-corrected chi connectivity index (χ2v) is 6.02. The van der Waals surface area contributed by atoms with Crippen LogP contribution in [0.2, 0.25) is 0 Å². The first-order valence-corrected chi connectivity index (χ1v) is 7.92. The summed E-state index contributed by atoms with van der Waals surface area (Å²) >= 11 is 1.53. The number of amides is 2. The lowest BCUT2D eigenvalue weighted by molar-refractivity contribution is 0.172. The summed E-state index contributed by atoms with van der Waals surface area (Å²) in [6.07, 6.45) is 3.76. The van der Waals surface area contributed by atoms with Crippen LogP contribution in [-0.4, -0.2) is 33.9 Å². The monoisotopic (exact) mass is 306 g/mol. The molecule has 7 heteroatoms. The maximum atomic E-state index is 11.9. The van der Waals surface area contributed by atoms with E-state index in [1.165, 1.54) is 22.6 Å². The maximum Gasteiger partial charge on any atom is 0.315 e. The highest BCUT2D eigenvalue weighted by atomic mass is 32.1. The van der Waals surface area contributed by atoms with Crippen LogP contribution >= 0.6 is 11.3 Å². The van der Waals surface area contributed by atoms with Crippen LogP contribution in [0.25, 0.3) is 0 Å². The van der Waals surface area contributed by atoms with Crippen LogP contribution in [0.3, 0.4) is 0 Å². The molecule has 0 spiro atoms. The number of nitrogens with zero attached hydrogens (tertiary/aromatic N) is 1. The number of aliphatic hydroxyl groups excluding tert-OH is 1. The fourth-order valence-electron chi connectivity index (χ4n) is 2.55. The molecule has 0 fully saturated rings. The van der Waals surface area contributed by atoms with Gasteiger partial charge in [-0.15, -0.1) is 0 Å². The maximum absolute atomic E-state index is 11.9. The third-order valence-electron chi connectivity index (χ3n) is 3.74. The summed E-state index contributed by atoms with van der Waals surface area (Å²) in [6, 6.07) is 1.74. The molecule has 4 N–H and O–H groups in total. The lowest BCUT2D eigenvalue weighted by Crippen LogP contribution is -2.45. The Morgan fingerprint density at radius 3 is 3.33 bits per heavy atom. The van der Waals surface area contributed by atoms with Crippen molar-refractivity contribution in [2.75, 3.05) is 6.54 Å². The fourth-order valence-corrected chi connectivity index (χ4v) is 3.25. The van der Waals surface area contributed by atoms with Gasteiger partial charge in [0, 0.05) is 18.3 Å². The number of hydrogen-bond donors (Lipinski definition) is 4. The Balaban J connectivity index is 1.45. The minimum absolute atomic E-state index is 0.119. The number of aryl methyl sites for hydroxylation is 1. The van der Waals surface area contributed by atoms with Crippen molar-refractivity contribution in [2.45, 2.75) is 31.4 Å². The van der Waals surface area contributed by atoms with E-state index < -0.39 is 6.10 Å². The van der Waals surface area contributed by atoms with E-state index in [0.29, 0.717) is 0 Å². The topological polar surface area (TPSA) is 90.0 Å². The number of rotatable bonds is 4. The second kappa shape index (κ2) is 6.28. The molecule has 1 aliphatic rings. The molecule has 2 aromatic heterocycles. The Labute approximate surface area is 126 Å². The van der Waals surface area contributed by atoms with Gasteiger partial charge in [-0.1, -0.05) is 0 Å². The Morgan fingerprint density at radius 1 is 1.62 bits per heavy atom. The van der Waals surface area contributed by atoms with Crippen LogP contribution in [0.1, 0.15) is 29.3 Å². The zero-order valence-corrected chi connectivity index (χ0v) is 12.3. The Hall–Kier alpha value is -1.86. The van der Waals surface area contributed by atoms with Crippen LogP contribution < -0.4 is 10.6 Å². The summed E-state index contributed by atoms with van der Waals surface area (Å²) in [7, 11) is 0. The second-order valence-electron chi connectivity index (χ2n) is 5.24. The highest BCUT2D eigenvalue weighted by molar-refractivity contribution is 7.07. The van der Waals surface area contributed by atoms with Gasteiger partial charge in [-0.05, 0) is 47.2 Å². The van der Waals surface area contributed by atoms with Crippen molar-refractivity contribution in [1.29, 1.82) is 0 Å². The third-order valence-corrected chi connectivity index (χ3v) is 4.44. The van der Waals surface area contributed by atoms with Gasteiger partial charge in [0.25, 0.3) is 0 Å². The molecule has 0 aliphatic heterocycles. The first kappa shape index (κ1) is 14.1. The van der Waals surface area contributed by atoms with E-state index >= 15 is 0 Å². The molecule has 2 aromatic rings. The van der Waals surface area contributed by atoms with Crippen LogP contribution in [-0.2, 0) is 12.8 Å². The molecule has 0 saturated carbocycles. The molecule has 2 unspecified atom stereocenters. The van der Waals surface area contributed by atoms with Crippen LogP contribution in [0.5, 0.6) is 0 Å². The predicted molar refractivity (Wildman–Crippen MR) is 80.2 cm³/mol. The molecule has 6 nitrogen and oxygen atoms in total. The van der Waals surface area contributed by atoms with E-state index in [4.69, 9.17) is 0 Å². The van der Waals surface area contributed by atoms with Gasteiger partial charge in [0.1, 0.15) is 0 Å². The standard InChI is InChI=1S/C14H18N4O2S/c19-13(9-3-4-21-8-9)7-15-14(20)17-11-1-2-12-10(5-11)6-16-18-12/h3-4,6,8,11,13,19H,1-2,5,7H2,(H,16,18)(H2,15,17,20). The zero-order valence-electron chi connectivity index (χ0n) is 11.5. The van der Waals surface area contributed by atoms with Crippen molar-refractivity contribution >= 4 is 17.4 Å². The molecule has 3 rings (SSSR count). The number of thiophene rings is 1. The number of aliphatic hydroxyl groups is 1. The van der Waals surface area contributed by atoms with Gasteiger partial charge in [0.15, 0.2) is 0 Å². The summed E-state index contributed by atoms with van der Waals surface area (Å²) < 4.78 is 0. The normalized spacial score (nSPS) is 18.8. The van der Waals surface area contributed by atoms with Crippen molar-refractivity contribution in [1.82, 2.24) is 20.8 Å². The zero-order chi connectivity index (χ0) is 14.7. The quantitative estimate of drug-likeness (QED) is 0.687. The average molecular weight is 306 g/mol. The molecule has 112 valence electrons. The molecule has 0 bridgehead atoms. The summed E-state index contributed by atoms with van der Waals surface area (Å²) in [5.41, 5.74) is 3.17. The molecule has 1 aliphatic carbocycles. The van der Waals surface area contributed by atoms with Crippen molar-refractivity contribution in [3.8, 4) is 0 Å². The SMILES string of the molecule is O=C(NCC(O)c1ccsc1)NC1CCc2[nH]ncc2C1. The van der Waals surface area contributed by atoms with Crippen LogP contribution in [0.15, 0.2) is 23.0 Å². The number of carbonyl (C=O) groups is 1. The number of carbonyl (C=O) groups excluding carboxylic acids is 1. The molecule has 2 amide bonds. The van der Waals surface area contributed by atoms with E-state index in [1.807, 2.05) is 23.0 Å². The van der Waals surface area contributed by atoms with Gasteiger partial charge >= 0.3 is 6.03 Å². The molecule has 0 saturated heterocycles. The van der Waals surface area contributed by atoms with Crippen molar-refractivity contribution < 1.29 is 9.90 Å². The van der Waals surface area contributed by atoms with Gasteiger partial charge in [0.2, 0.25) is 0 Å². The Kier molecular flexibility index (Phi) is 4.21. The average Bonchev–Trinajstić information content (AvgIpc) is 3.15. The van der Waals surface area contributed by atoms with E-state index in [2.05, 4.69) is 20.8 Å². The van der Waals surface area contributed by atoms with Gasteiger partial charge in [-0.3, -0.25) is 5.10 Å². The van der Waals surface area contributed by atoms with E-state index in [-0.39, 0.29) is 18.6 Å². The van der Waals surface area contributed by atoms with Gasteiger partial charge < -0.3 is 15.7 Å². The molecular weight excluding hydrogens is 288 g/mol. The highest BCUT2D eigenvalue weighted by Gasteiger charge is 2.21. The Bertz CT molecular complexity index is 596. The number of hydrogen-bond acceptors (Lipinski definition) is 4. The summed E-state index contributed by atoms with van der Waals surface area (Å²) in [6.45, 7) is 0.215. The molecule has 0 radical (unpaired) electrons. The van der Waals surface area contributed by atoms with Gasteiger partial charge in [-0.2, -0.15) is 16.4 Å². The number of aromatic nitrogens is 2. The molecule has 2 heterocycles. The predicted octanol–water partition coefficient (Wildman–Crippen LogP) is 1.36. The first-order chi connectivity index (χ1) is 10.2. The van der Waals surface area contributed by atoms with Crippen LogP contribution in [0.4, 0.5) is 4.79 Å². The van der Waals surface area contributed by atoms with E-state index in [0.717, 1.165) is 24.8 Å². The van der Waals surface area contributed by atoms with Crippen molar-refractivity contribution in [2.24, 2.45) is 0 Å². The molecule has 21 heavy (non-hydrogen) atoms. The molecular formula is C14H18N4O2S. The minimum atomic E-state index is -0.658. The lowest BCUT2D eigenvalue weighted by atomic mass is 9.94. The molecule has 0 aromatic carbocycles. The van der Waals surface area contributed by atoms with E-state index in [9.17, 15) is 9.90 Å². The number of fused-ring (bicyclic) bond motifs is 1. The minimum Gasteiger partial charge on any atom is -0.387 e. The lowest BCUT2D eigenvalue weighted by Gasteiger charge is -2.23. The Morgan fingerprint density at radius 2 is 2.52 bits per heavy atom. The van der Waals surface area contributed by atoms with Crippen LogP contribution in [0, 0.1) is 0 Å². The first-order valence-electron chi connectivity index (χ1n) is 6.98. The third kappa shape index (κ3) is 3.43. The van der Waals surface area contributed by atoms with Gasteiger partial charge in [0.05, 0.1) is 12.3 Å². The summed E-state index contributed by atoms with van der Waals surface area (Å²) in [5, 5.41) is 26.4. The smallest absolute Gasteiger partial charge is 0.315 e. The van der Waals surface area contributed by atoms with Gasteiger partial charge in [-0.25, -0.2) is 4.79 Å². The highest BCUT2D eigenvalue weighted by Crippen LogP contribution is 2.19. The number of nitrogens with one attached hydrogen (secondary N) is 3. The summed E-state index contributed by atoms with van der Waals surface area (Å²) in [4.78, 5) is 11.9. The van der Waals surface area contributed by atoms with Crippen molar-refractivity contribution in [3.63, 3.8) is 0 Å².